The Kier molecular flexibility index (Phi) is 6.08. The zero-order valence-electron chi connectivity index (χ0n) is 12.9. The van der Waals surface area contributed by atoms with Crippen molar-refractivity contribution in [1.82, 2.24) is 5.32 Å². The topological polar surface area (TPSA) is 46.4 Å². The molecule has 0 bridgehead atoms. The Morgan fingerprint density at radius 2 is 1.96 bits per heavy atom. The lowest BCUT2D eigenvalue weighted by Gasteiger charge is -2.17. The third-order valence-electron chi connectivity index (χ3n) is 3.13. The van der Waals surface area contributed by atoms with Crippen molar-refractivity contribution in [3.63, 3.8) is 0 Å². The van der Waals surface area contributed by atoms with E-state index in [1.807, 2.05) is 19.1 Å². The maximum Gasteiger partial charge on any atom is 0.573 e. The molecule has 0 aliphatic carbocycles. The first-order valence-electron chi connectivity index (χ1n) is 7.27. The molecule has 0 aliphatic heterocycles. The predicted octanol–water partition coefficient (Wildman–Crippen LogP) is 4.49. The van der Waals surface area contributed by atoms with E-state index in [4.69, 9.17) is 16.6 Å². The second-order valence-electron chi connectivity index (χ2n) is 5.19. The predicted molar refractivity (Wildman–Crippen MR) is 89.0 cm³/mol. The Hall–Kier alpha value is -2.22. The second-order valence-corrected chi connectivity index (χ2v) is 5.60. The molecule has 130 valence electrons. The standard InChI is InChI=1S/C16H17F3N2O2S/c1-11(4-7-13-3-2-10-22-13)20-15(24)21-12-5-8-14(9-6-12)23-16(17,18)19/h2-3,5-6,8-11H,4,7H2,1H3,(H2,20,21,24)/t11-/m1/s1. The van der Waals surface area contributed by atoms with Crippen LogP contribution in [-0.4, -0.2) is 17.5 Å². The third kappa shape index (κ3) is 6.49. The average Bonchev–Trinajstić information content (AvgIpc) is 2.99. The molecule has 0 spiro atoms. The van der Waals surface area contributed by atoms with Gasteiger partial charge in [-0.25, -0.2) is 0 Å². The Labute approximate surface area is 143 Å². The fraction of sp³-hybridized carbons (Fsp3) is 0.312. The maximum absolute atomic E-state index is 12.1. The molecule has 2 N–H and O–H groups in total. The van der Waals surface area contributed by atoms with Crippen molar-refractivity contribution < 1.29 is 22.3 Å². The lowest BCUT2D eigenvalue weighted by Crippen LogP contribution is -2.36. The van der Waals surface area contributed by atoms with Gasteiger partial charge in [-0.15, -0.1) is 13.2 Å². The molecular weight excluding hydrogens is 341 g/mol. The number of hydrogen-bond acceptors (Lipinski definition) is 3. The Morgan fingerprint density at radius 1 is 1.25 bits per heavy atom. The zero-order chi connectivity index (χ0) is 17.6. The number of hydrogen-bond donors (Lipinski definition) is 2. The largest absolute Gasteiger partial charge is 0.573 e. The third-order valence-corrected chi connectivity index (χ3v) is 3.35. The molecule has 2 aromatic rings. The van der Waals surface area contributed by atoms with Crippen LogP contribution < -0.4 is 15.4 Å². The number of rotatable bonds is 6. The highest BCUT2D eigenvalue weighted by molar-refractivity contribution is 7.80. The minimum Gasteiger partial charge on any atom is -0.469 e. The van der Waals surface area contributed by atoms with Gasteiger partial charge in [0.1, 0.15) is 11.5 Å². The van der Waals surface area contributed by atoms with Crippen molar-refractivity contribution in [2.24, 2.45) is 0 Å². The molecule has 4 nitrogen and oxygen atoms in total. The van der Waals surface area contributed by atoms with Gasteiger partial charge in [-0.05, 0) is 62.0 Å². The van der Waals surface area contributed by atoms with E-state index < -0.39 is 6.36 Å². The van der Waals surface area contributed by atoms with Crippen LogP contribution in [0.25, 0.3) is 0 Å². The van der Waals surface area contributed by atoms with E-state index in [1.54, 1.807) is 6.26 Å². The SMILES string of the molecule is C[C@H](CCc1ccco1)NC(=S)Nc1ccc(OC(F)(F)F)cc1. The van der Waals surface area contributed by atoms with Crippen molar-refractivity contribution in [2.45, 2.75) is 32.2 Å². The first-order chi connectivity index (χ1) is 11.3. The monoisotopic (exact) mass is 358 g/mol. The molecule has 0 aliphatic rings. The molecule has 0 saturated carbocycles. The van der Waals surface area contributed by atoms with Crippen molar-refractivity contribution in [3.8, 4) is 5.75 Å². The van der Waals surface area contributed by atoms with Crippen molar-refractivity contribution in [1.29, 1.82) is 0 Å². The average molecular weight is 358 g/mol. The summed E-state index contributed by atoms with van der Waals surface area (Å²) in [6.07, 6.45) is -1.46. The number of nitrogens with one attached hydrogen (secondary N) is 2. The molecule has 1 heterocycles. The molecular formula is C16H17F3N2O2S. The van der Waals surface area contributed by atoms with E-state index in [-0.39, 0.29) is 11.8 Å². The molecule has 1 atom stereocenters. The molecule has 1 aromatic heterocycles. The van der Waals surface area contributed by atoms with Crippen LogP contribution in [-0.2, 0) is 6.42 Å². The van der Waals surface area contributed by atoms with E-state index in [0.29, 0.717) is 10.8 Å². The van der Waals surface area contributed by atoms with E-state index in [1.165, 1.54) is 24.3 Å². The fourth-order valence-corrected chi connectivity index (χ4v) is 2.34. The molecule has 0 unspecified atom stereocenters. The van der Waals surface area contributed by atoms with Gasteiger partial charge in [0.2, 0.25) is 0 Å². The van der Waals surface area contributed by atoms with Crippen molar-refractivity contribution in [3.05, 3.63) is 48.4 Å². The summed E-state index contributed by atoms with van der Waals surface area (Å²) in [7, 11) is 0. The molecule has 1 aromatic carbocycles. The number of halogens is 3. The van der Waals surface area contributed by atoms with Crippen molar-refractivity contribution >= 4 is 23.0 Å². The number of ether oxygens (including phenoxy) is 1. The van der Waals surface area contributed by atoms with E-state index >= 15 is 0 Å². The highest BCUT2D eigenvalue weighted by Crippen LogP contribution is 2.23. The summed E-state index contributed by atoms with van der Waals surface area (Å²) >= 11 is 5.19. The highest BCUT2D eigenvalue weighted by atomic mass is 32.1. The van der Waals surface area contributed by atoms with Gasteiger partial charge in [-0.1, -0.05) is 0 Å². The number of alkyl halides is 3. The molecule has 0 fully saturated rings. The summed E-state index contributed by atoms with van der Waals surface area (Å²) in [5.74, 6) is 0.626. The molecule has 0 radical (unpaired) electrons. The highest BCUT2D eigenvalue weighted by Gasteiger charge is 2.30. The first-order valence-corrected chi connectivity index (χ1v) is 7.68. The summed E-state index contributed by atoms with van der Waals surface area (Å²) in [5.41, 5.74) is 0.570. The minimum absolute atomic E-state index is 0.114. The van der Waals surface area contributed by atoms with E-state index in [0.717, 1.165) is 18.6 Å². The summed E-state index contributed by atoms with van der Waals surface area (Å²) in [4.78, 5) is 0. The second kappa shape index (κ2) is 8.05. The Balaban J connectivity index is 1.77. The minimum atomic E-state index is -4.70. The summed E-state index contributed by atoms with van der Waals surface area (Å²) in [6, 6.07) is 9.23. The van der Waals surface area contributed by atoms with Gasteiger partial charge in [0, 0.05) is 18.2 Å². The van der Waals surface area contributed by atoms with Crippen LogP contribution in [0.5, 0.6) is 5.75 Å². The van der Waals surface area contributed by atoms with E-state index in [2.05, 4.69) is 15.4 Å². The Morgan fingerprint density at radius 3 is 2.54 bits per heavy atom. The van der Waals surface area contributed by atoms with Crippen LogP contribution in [0, 0.1) is 0 Å². The zero-order valence-corrected chi connectivity index (χ0v) is 13.7. The van der Waals surface area contributed by atoms with E-state index in [9.17, 15) is 13.2 Å². The van der Waals surface area contributed by atoms with Crippen LogP contribution in [0.15, 0.2) is 47.1 Å². The van der Waals surface area contributed by atoms with Gasteiger partial charge in [0.05, 0.1) is 6.26 Å². The molecule has 8 heteroatoms. The van der Waals surface area contributed by atoms with Gasteiger partial charge in [-0.2, -0.15) is 0 Å². The number of benzene rings is 1. The fourth-order valence-electron chi connectivity index (χ4n) is 2.02. The molecule has 0 saturated heterocycles. The van der Waals surface area contributed by atoms with Gasteiger partial charge in [0.15, 0.2) is 5.11 Å². The van der Waals surface area contributed by atoms with Gasteiger partial charge < -0.3 is 19.8 Å². The number of aryl methyl sites for hydroxylation is 1. The van der Waals surface area contributed by atoms with Crippen LogP contribution in [0.4, 0.5) is 18.9 Å². The summed E-state index contributed by atoms with van der Waals surface area (Å²) in [5, 5.41) is 6.42. The van der Waals surface area contributed by atoms with Crippen LogP contribution in [0.2, 0.25) is 0 Å². The molecule has 24 heavy (non-hydrogen) atoms. The van der Waals surface area contributed by atoms with Gasteiger partial charge in [0.25, 0.3) is 0 Å². The smallest absolute Gasteiger partial charge is 0.469 e. The molecule has 0 amide bonds. The molecule has 2 rings (SSSR count). The normalized spacial score (nSPS) is 12.5. The van der Waals surface area contributed by atoms with Crippen molar-refractivity contribution in [2.75, 3.05) is 5.32 Å². The Bertz CT molecular complexity index is 642. The van der Waals surface area contributed by atoms with Gasteiger partial charge in [-0.3, -0.25) is 0 Å². The summed E-state index contributed by atoms with van der Waals surface area (Å²) < 4.78 is 45.4. The quantitative estimate of drug-likeness (QED) is 0.745. The van der Waals surface area contributed by atoms with Crippen LogP contribution in [0.3, 0.4) is 0 Å². The summed E-state index contributed by atoms with van der Waals surface area (Å²) in [6.45, 7) is 1.98. The maximum atomic E-state index is 12.1. The lowest BCUT2D eigenvalue weighted by molar-refractivity contribution is -0.274. The van der Waals surface area contributed by atoms with Crippen LogP contribution in [0.1, 0.15) is 19.1 Å². The van der Waals surface area contributed by atoms with Gasteiger partial charge >= 0.3 is 6.36 Å². The lowest BCUT2D eigenvalue weighted by atomic mass is 10.1. The first kappa shape index (κ1) is 18.1. The number of anilines is 1. The number of furan rings is 1. The number of thiocarbonyl (C=S) groups is 1. The van der Waals surface area contributed by atoms with Crippen LogP contribution >= 0.6 is 12.2 Å².